The van der Waals surface area contributed by atoms with Gasteiger partial charge in [-0.2, -0.15) is 0 Å². The van der Waals surface area contributed by atoms with Gasteiger partial charge in [-0.25, -0.2) is 36.8 Å². The van der Waals surface area contributed by atoms with E-state index in [1.807, 2.05) is 13.8 Å². The predicted octanol–water partition coefficient (Wildman–Crippen LogP) is 6.53. The molecule has 4 heterocycles. The zero-order valence-corrected chi connectivity index (χ0v) is 45.2. The number of nitrogens with one attached hydrogen (secondary N) is 4. The Kier molecular flexibility index (Phi) is 16.7. The van der Waals surface area contributed by atoms with Crippen LogP contribution in [-0.2, 0) is 42.7 Å². The molecule has 0 aliphatic carbocycles. The minimum atomic E-state index is -3.93. The summed E-state index contributed by atoms with van der Waals surface area (Å²) in [6, 6.07) is 23.7. The molecule has 0 radical (unpaired) electrons. The Morgan fingerprint density at radius 2 is 0.921 bits per heavy atom. The number of pyridine rings is 2. The van der Waals surface area contributed by atoms with Crippen LogP contribution < -0.4 is 40.7 Å². The van der Waals surface area contributed by atoms with Crippen LogP contribution in [0, 0.1) is 39.5 Å². The summed E-state index contributed by atoms with van der Waals surface area (Å²) < 4.78 is 71.4. The van der Waals surface area contributed by atoms with Gasteiger partial charge in [0.2, 0.25) is 23.6 Å². The lowest BCUT2D eigenvalue weighted by Crippen LogP contribution is -2.32. The van der Waals surface area contributed by atoms with Crippen molar-refractivity contribution in [3.05, 3.63) is 153 Å². The summed E-state index contributed by atoms with van der Waals surface area (Å²) in [4.78, 5) is 67.8. The van der Waals surface area contributed by atoms with Crippen LogP contribution in [0.4, 0.5) is 11.4 Å². The van der Waals surface area contributed by atoms with Crippen molar-refractivity contribution in [2.75, 3.05) is 37.8 Å². The van der Waals surface area contributed by atoms with Crippen molar-refractivity contribution in [1.29, 1.82) is 0 Å². The lowest BCUT2D eigenvalue weighted by Gasteiger charge is -2.15. The highest BCUT2D eigenvalue weighted by atomic mass is 32.2. The summed E-state index contributed by atoms with van der Waals surface area (Å²) >= 11 is 0. The zero-order chi connectivity index (χ0) is 55.2. The first kappa shape index (κ1) is 55.3. The molecule has 0 saturated heterocycles. The molecule has 0 aliphatic rings. The maximum Gasteiger partial charge on any atom is 0.262 e. The lowest BCUT2D eigenvalue weighted by molar-refractivity contribution is -0.125. The van der Waals surface area contributed by atoms with Crippen molar-refractivity contribution < 1.29 is 35.9 Å². The molecule has 0 fully saturated rings. The molecule has 0 unspecified atom stereocenters. The number of ether oxygens (including phenoxy) is 2. The minimum absolute atomic E-state index is 0.107. The normalized spacial score (nSPS) is 12.2. The van der Waals surface area contributed by atoms with E-state index < -0.39 is 31.9 Å². The third-order valence-electron chi connectivity index (χ3n) is 12.5. The molecule has 4 N–H and O–H groups in total. The van der Waals surface area contributed by atoms with Gasteiger partial charge >= 0.3 is 0 Å². The van der Waals surface area contributed by atoms with Crippen LogP contribution >= 0.6 is 0 Å². The Labute approximate surface area is 439 Å². The van der Waals surface area contributed by atoms with Gasteiger partial charge in [0.25, 0.3) is 31.2 Å². The third-order valence-corrected chi connectivity index (χ3v) is 15.5. The first-order chi connectivity index (χ1) is 36.1. The molecule has 0 bridgehead atoms. The van der Waals surface area contributed by atoms with E-state index in [0.717, 1.165) is 11.1 Å². The molecular formula is C54H58N10O10S2. The van der Waals surface area contributed by atoms with E-state index >= 15 is 0 Å². The average Bonchev–Trinajstić information content (AvgIpc) is 3.39. The van der Waals surface area contributed by atoms with Crippen LogP contribution in [0.25, 0.3) is 44.1 Å². The van der Waals surface area contributed by atoms with Gasteiger partial charge in [-0.3, -0.25) is 37.8 Å². The van der Waals surface area contributed by atoms with Gasteiger partial charge < -0.3 is 20.1 Å². The Bertz CT molecular complexity index is 3650. The Morgan fingerprint density at radius 3 is 1.26 bits per heavy atom. The molecule has 20 nitrogen and oxygen atoms in total. The van der Waals surface area contributed by atoms with Gasteiger partial charge in [0.1, 0.15) is 11.4 Å². The molecule has 396 valence electrons. The number of fused-ring (bicyclic) bond motifs is 2. The van der Waals surface area contributed by atoms with E-state index in [2.05, 4.69) is 40.0 Å². The first-order valence-corrected chi connectivity index (χ1v) is 26.7. The summed E-state index contributed by atoms with van der Waals surface area (Å²) in [5, 5.41) is 5.88. The van der Waals surface area contributed by atoms with E-state index in [4.69, 9.17) is 9.47 Å². The minimum Gasteiger partial charge on any atom is -0.480 e. The fourth-order valence-electron chi connectivity index (χ4n) is 8.48. The molecule has 8 rings (SSSR count). The number of amides is 2. The van der Waals surface area contributed by atoms with Crippen molar-refractivity contribution in [2.24, 2.45) is 11.8 Å². The molecule has 0 saturated carbocycles. The first-order valence-electron chi connectivity index (χ1n) is 23.8. The van der Waals surface area contributed by atoms with Gasteiger partial charge in [-0.05, 0) is 98.5 Å². The van der Waals surface area contributed by atoms with Crippen LogP contribution in [0.5, 0.6) is 11.8 Å². The van der Waals surface area contributed by atoms with Crippen molar-refractivity contribution in [2.45, 2.75) is 64.4 Å². The van der Waals surface area contributed by atoms with Crippen LogP contribution in [0.1, 0.15) is 36.1 Å². The van der Waals surface area contributed by atoms with Crippen molar-refractivity contribution >= 4 is 65.0 Å². The fourth-order valence-corrected chi connectivity index (χ4v) is 11.0. The monoisotopic (exact) mass is 1070 g/mol. The topological polar surface area (TPSA) is 265 Å². The number of rotatable bonds is 16. The number of hydrogen-bond donors (Lipinski definition) is 4. The largest absolute Gasteiger partial charge is 0.480 e. The van der Waals surface area contributed by atoms with E-state index in [1.165, 1.54) is 48.4 Å². The highest BCUT2D eigenvalue weighted by Gasteiger charge is 2.23. The van der Waals surface area contributed by atoms with Crippen LogP contribution in [-0.4, -0.2) is 86.0 Å². The number of anilines is 2. The molecule has 8 aromatic rings. The van der Waals surface area contributed by atoms with Gasteiger partial charge in [-0.15, -0.1) is 0 Å². The highest BCUT2D eigenvalue weighted by Crippen LogP contribution is 2.33. The molecule has 4 aromatic carbocycles. The van der Waals surface area contributed by atoms with E-state index in [-0.39, 0.29) is 68.9 Å². The van der Waals surface area contributed by atoms with E-state index in [0.29, 0.717) is 55.2 Å². The van der Waals surface area contributed by atoms with Crippen molar-refractivity contribution in [3.63, 3.8) is 0 Å². The number of aromatic nitrogens is 6. The standard InChI is InChI=1S/2C27H29N5O5S/c2*1-16-6-9-24(17(2)10-16)38(35,36)31-23-12-20(13-29-26(23)37-5)19-7-8-22-21(11-19)27(34)32(15-30-22)14-18(3)25(33)28-4/h2*6-13,15,18,31H,14H2,1-5H3,(H,28,33)/t2*18-/m10/s1. The predicted molar refractivity (Wildman–Crippen MR) is 291 cm³/mol. The van der Waals surface area contributed by atoms with Gasteiger partial charge in [0.05, 0.1) is 70.3 Å². The number of methoxy groups -OCH3 is 2. The third kappa shape index (κ3) is 12.2. The average molecular weight is 1070 g/mol. The maximum absolute atomic E-state index is 13.2. The SMILES string of the molecule is CNC(=O)[C@@H](C)Cn1cnc2ccc(-c3cnc(OC)c(NS(=O)(=O)c4ccc(C)cc4C)c3)cc2c1=O.CNC(=O)[C@H](C)Cn1cnc2ccc(-c3cnc(OC)c(NS(=O)(=O)c4ccc(C)cc4C)c3)cc2c1=O. The molecular weight excluding hydrogens is 1010 g/mol. The van der Waals surface area contributed by atoms with Gasteiger partial charge in [0.15, 0.2) is 0 Å². The molecule has 4 aromatic heterocycles. The van der Waals surface area contributed by atoms with Crippen LogP contribution in [0.15, 0.2) is 129 Å². The summed E-state index contributed by atoms with van der Waals surface area (Å²) in [6.45, 7) is 11.1. The number of benzene rings is 4. The summed E-state index contributed by atoms with van der Waals surface area (Å²) in [7, 11) is -1.95. The van der Waals surface area contributed by atoms with Crippen LogP contribution in [0.2, 0.25) is 0 Å². The Morgan fingerprint density at radius 1 is 0.539 bits per heavy atom. The molecule has 76 heavy (non-hydrogen) atoms. The van der Waals surface area contributed by atoms with Crippen molar-refractivity contribution in [3.8, 4) is 34.0 Å². The summed E-state index contributed by atoms with van der Waals surface area (Å²) in [5.41, 5.74) is 6.29. The molecule has 0 aliphatic heterocycles. The Hall–Kier alpha value is -8.50. The second kappa shape index (κ2) is 22.9. The number of aryl methyl sites for hydroxylation is 4. The second-order valence-corrected chi connectivity index (χ2v) is 21.5. The summed E-state index contributed by atoms with van der Waals surface area (Å²) in [5.74, 6) is -0.973. The lowest BCUT2D eigenvalue weighted by atomic mass is 10.0. The molecule has 22 heteroatoms. The molecule has 2 atom stereocenters. The highest BCUT2D eigenvalue weighted by molar-refractivity contribution is 7.93. The van der Waals surface area contributed by atoms with Crippen molar-refractivity contribution in [1.82, 2.24) is 39.7 Å². The quantitative estimate of drug-likeness (QED) is 0.0802. The number of nitrogens with zero attached hydrogens (tertiary/aromatic N) is 6. The maximum atomic E-state index is 13.2. The number of sulfonamides is 2. The van der Waals surface area contributed by atoms with Crippen LogP contribution in [0.3, 0.4) is 0 Å². The van der Waals surface area contributed by atoms with Gasteiger partial charge in [-0.1, -0.05) is 61.4 Å². The van der Waals surface area contributed by atoms with E-state index in [1.54, 1.807) is 127 Å². The number of carbonyl (C=O) groups is 2. The Balaban J connectivity index is 0.000000221. The zero-order valence-electron chi connectivity index (χ0n) is 43.5. The molecule has 2 amide bonds. The smallest absolute Gasteiger partial charge is 0.262 e. The number of carbonyl (C=O) groups excluding carboxylic acids is 2. The van der Waals surface area contributed by atoms with Gasteiger partial charge in [0, 0.05) is 50.7 Å². The molecule has 0 spiro atoms. The fraction of sp³-hybridized carbons (Fsp3) is 0.259. The van der Waals surface area contributed by atoms with E-state index in [9.17, 15) is 36.0 Å². The summed E-state index contributed by atoms with van der Waals surface area (Å²) in [6.07, 6.45) is 5.94. The second-order valence-electron chi connectivity index (χ2n) is 18.2. The number of hydrogen-bond acceptors (Lipinski definition) is 14.